The first-order valence-corrected chi connectivity index (χ1v) is 9.74. The molecule has 4 aromatic rings. The van der Waals surface area contributed by atoms with Gasteiger partial charge in [-0.3, -0.25) is 4.79 Å². The molecular weight excluding hydrogens is 402 g/mol. The van der Waals surface area contributed by atoms with Crippen LogP contribution in [0, 0.1) is 20.8 Å². The van der Waals surface area contributed by atoms with Gasteiger partial charge in [-0.1, -0.05) is 47.5 Å². The number of hydrogen-bond donors (Lipinski definition) is 1. The molecule has 152 valence electrons. The average molecular weight is 422 g/mol. The maximum atomic E-state index is 13.0. The zero-order valence-corrected chi connectivity index (χ0v) is 17.6. The summed E-state index contributed by atoms with van der Waals surface area (Å²) in [5, 5.41) is 18.9. The summed E-state index contributed by atoms with van der Waals surface area (Å²) in [5.41, 5.74) is 5.52. The molecule has 2 aromatic heterocycles. The monoisotopic (exact) mass is 421 g/mol. The van der Waals surface area contributed by atoms with E-state index in [1.165, 1.54) is 11.9 Å². The smallest absolute Gasteiger partial charge is 0.260 e. The van der Waals surface area contributed by atoms with E-state index in [0.717, 1.165) is 16.8 Å². The largest absolute Gasteiger partial charge is 0.322 e. The van der Waals surface area contributed by atoms with Crippen molar-refractivity contribution >= 4 is 23.2 Å². The van der Waals surface area contributed by atoms with E-state index in [1.54, 1.807) is 16.3 Å². The molecule has 0 unspecified atom stereocenters. The lowest BCUT2D eigenvalue weighted by molar-refractivity contribution is 0.102. The number of tetrazole rings is 1. The van der Waals surface area contributed by atoms with Gasteiger partial charge in [0.15, 0.2) is 0 Å². The van der Waals surface area contributed by atoms with Gasteiger partial charge in [0.05, 0.1) is 23.5 Å². The number of aryl methyl sites for hydroxylation is 3. The molecular formula is C21H20ClN7O. The molecule has 1 N–H and O–H groups in total. The van der Waals surface area contributed by atoms with Crippen molar-refractivity contribution < 1.29 is 4.79 Å². The summed E-state index contributed by atoms with van der Waals surface area (Å²) in [4.78, 5) is 13.0. The molecule has 9 heteroatoms. The van der Waals surface area contributed by atoms with Crippen molar-refractivity contribution in [3.63, 3.8) is 0 Å². The highest BCUT2D eigenvalue weighted by atomic mass is 35.5. The third kappa shape index (κ3) is 3.95. The molecule has 30 heavy (non-hydrogen) atoms. The van der Waals surface area contributed by atoms with Crippen LogP contribution in [-0.4, -0.2) is 35.9 Å². The maximum absolute atomic E-state index is 13.0. The minimum Gasteiger partial charge on any atom is -0.322 e. The number of anilines is 1. The molecule has 0 saturated heterocycles. The molecule has 0 aliphatic carbocycles. The Morgan fingerprint density at radius 1 is 1.10 bits per heavy atom. The number of aromatic nitrogens is 6. The van der Waals surface area contributed by atoms with E-state index < -0.39 is 0 Å². The van der Waals surface area contributed by atoms with Crippen LogP contribution in [0.5, 0.6) is 0 Å². The van der Waals surface area contributed by atoms with E-state index in [1.807, 2.05) is 56.3 Å². The Kier molecular flexibility index (Phi) is 5.33. The number of benzene rings is 2. The first kappa shape index (κ1) is 19.8. The van der Waals surface area contributed by atoms with Gasteiger partial charge in [0.1, 0.15) is 11.5 Å². The molecule has 0 atom stereocenters. The minimum atomic E-state index is -0.320. The summed E-state index contributed by atoms with van der Waals surface area (Å²) in [6.07, 6.45) is 1.50. The van der Waals surface area contributed by atoms with Gasteiger partial charge in [0.2, 0.25) is 0 Å². The van der Waals surface area contributed by atoms with Gasteiger partial charge < -0.3 is 5.32 Å². The van der Waals surface area contributed by atoms with Gasteiger partial charge in [0.25, 0.3) is 5.91 Å². The van der Waals surface area contributed by atoms with Crippen molar-refractivity contribution in [2.75, 3.05) is 5.32 Å². The van der Waals surface area contributed by atoms with E-state index in [4.69, 9.17) is 11.6 Å². The molecule has 2 heterocycles. The highest BCUT2D eigenvalue weighted by molar-refractivity contribution is 6.33. The molecule has 8 nitrogen and oxygen atoms in total. The second-order valence-electron chi connectivity index (χ2n) is 7.10. The quantitative estimate of drug-likeness (QED) is 0.530. The Balaban J connectivity index is 1.58. The molecule has 0 fully saturated rings. The Morgan fingerprint density at radius 3 is 2.57 bits per heavy atom. The maximum Gasteiger partial charge on any atom is 0.260 e. The van der Waals surface area contributed by atoms with Gasteiger partial charge in [-0.15, -0.1) is 5.10 Å². The Morgan fingerprint density at radius 2 is 1.87 bits per heavy atom. The molecule has 0 spiro atoms. The summed E-state index contributed by atoms with van der Waals surface area (Å²) in [6, 6.07) is 13.6. The second-order valence-corrected chi connectivity index (χ2v) is 7.46. The van der Waals surface area contributed by atoms with Crippen LogP contribution in [0.25, 0.3) is 5.69 Å². The van der Waals surface area contributed by atoms with Crippen LogP contribution in [0.4, 0.5) is 5.69 Å². The minimum absolute atomic E-state index is 0.304. The lowest BCUT2D eigenvalue weighted by Crippen LogP contribution is -2.14. The van der Waals surface area contributed by atoms with Gasteiger partial charge >= 0.3 is 0 Å². The number of amides is 1. The van der Waals surface area contributed by atoms with Crippen molar-refractivity contribution in [1.82, 2.24) is 30.0 Å². The van der Waals surface area contributed by atoms with E-state index in [9.17, 15) is 4.79 Å². The Labute approximate surface area is 178 Å². The lowest BCUT2D eigenvalue weighted by Gasteiger charge is -2.10. The van der Waals surface area contributed by atoms with Crippen molar-refractivity contribution in [1.29, 1.82) is 0 Å². The number of hydrogen-bond acceptors (Lipinski definition) is 5. The summed E-state index contributed by atoms with van der Waals surface area (Å²) in [5.74, 6) is -0.320. The number of carbonyl (C=O) groups is 1. The summed E-state index contributed by atoms with van der Waals surface area (Å²) in [7, 11) is 0. The molecule has 0 saturated carbocycles. The second kappa shape index (κ2) is 8.08. The third-order valence-electron chi connectivity index (χ3n) is 4.81. The van der Waals surface area contributed by atoms with Crippen molar-refractivity contribution in [2.24, 2.45) is 0 Å². The van der Waals surface area contributed by atoms with Gasteiger partial charge in [-0.2, -0.15) is 5.10 Å². The fourth-order valence-corrected chi connectivity index (χ4v) is 3.50. The molecule has 4 rings (SSSR count). The topological polar surface area (TPSA) is 90.5 Å². The Bertz CT molecular complexity index is 1200. The third-order valence-corrected chi connectivity index (χ3v) is 5.19. The zero-order chi connectivity index (χ0) is 21.3. The molecule has 0 aliphatic rings. The van der Waals surface area contributed by atoms with Crippen LogP contribution in [0.3, 0.4) is 0 Å². The number of rotatable bonds is 5. The lowest BCUT2D eigenvalue weighted by atomic mass is 10.1. The summed E-state index contributed by atoms with van der Waals surface area (Å²) < 4.78 is 3.18. The standard InChI is InChI=1S/C21H20ClN7O/c1-13-4-7-16(8-5-13)11-28-20(22)19(15(3)25-28)21(30)24-17-9-6-14(2)18(10-17)29-12-23-26-27-29/h4-10,12H,11H2,1-3H3,(H,24,30). The predicted octanol–water partition coefficient (Wildman–Crippen LogP) is 3.74. The van der Waals surface area contributed by atoms with Gasteiger partial charge in [0, 0.05) is 5.69 Å². The van der Waals surface area contributed by atoms with Crippen molar-refractivity contribution in [2.45, 2.75) is 27.3 Å². The van der Waals surface area contributed by atoms with E-state index in [-0.39, 0.29) is 5.91 Å². The van der Waals surface area contributed by atoms with Gasteiger partial charge in [-0.05, 0) is 54.5 Å². The van der Waals surface area contributed by atoms with E-state index >= 15 is 0 Å². The average Bonchev–Trinajstić information content (AvgIpc) is 3.34. The summed E-state index contributed by atoms with van der Waals surface area (Å²) in [6.45, 7) is 6.24. The number of nitrogens with one attached hydrogen (secondary N) is 1. The van der Waals surface area contributed by atoms with Crippen molar-refractivity contribution in [3.8, 4) is 5.69 Å². The van der Waals surface area contributed by atoms with Crippen LogP contribution in [0.1, 0.15) is 32.7 Å². The summed E-state index contributed by atoms with van der Waals surface area (Å²) >= 11 is 6.52. The van der Waals surface area contributed by atoms with Crippen molar-refractivity contribution in [3.05, 3.63) is 81.9 Å². The zero-order valence-electron chi connectivity index (χ0n) is 16.8. The molecule has 0 aliphatic heterocycles. The first-order valence-electron chi connectivity index (χ1n) is 9.36. The van der Waals surface area contributed by atoms with Crippen LogP contribution in [-0.2, 0) is 6.54 Å². The molecule has 1 amide bonds. The van der Waals surface area contributed by atoms with Crippen LogP contribution in [0.15, 0.2) is 48.8 Å². The molecule has 0 radical (unpaired) electrons. The fourth-order valence-electron chi connectivity index (χ4n) is 3.18. The van der Waals surface area contributed by atoms with Crippen LogP contribution in [0.2, 0.25) is 5.15 Å². The Hall–Kier alpha value is -3.52. The van der Waals surface area contributed by atoms with Crippen LogP contribution >= 0.6 is 11.6 Å². The fraction of sp³-hybridized carbons (Fsp3) is 0.190. The first-order chi connectivity index (χ1) is 14.4. The molecule has 0 bridgehead atoms. The normalized spacial score (nSPS) is 10.9. The van der Waals surface area contributed by atoms with E-state index in [0.29, 0.717) is 28.6 Å². The highest BCUT2D eigenvalue weighted by Crippen LogP contribution is 2.24. The molecule has 2 aromatic carbocycles. The number of nitrogens with zero attached hydrogens (tertiary/aromatic N) is 6. The predicted molar refractivity (Wildman–Crippen MR) is 114 cm³/mol. The number of halogens is 1. The van der Waals surface area contributed by atoms with Crippen LogP contribution < -0.4 is 5.32 Å². The van der Waals surface area contributed by atoms with E-state index in [2.05, 4.69) is 25.9 Å². The number of carbonyl (C=O) groups excluding carboxylic acids is 1. The van der Waals surface area contributed by atoms with Gasteiger partial charge in [-0.25, -0.2) is 9.36 Å². The SMILES string of the molecule is Cc1ccc(Cn2nc(C)c(C(=O)Nc3ccc(C)c(-n4cnnn4)c3)c2Cl)cc1. The highest BCUT2D eigenvalue weighted by Gasteiger charge is 2.21.